The van der Waals surface area contributed by atoms with Crippen molar-refractivity contribution in [1.29, 1.82) is 0 Å². The van der Waals surface area contributed by atoms with E-state index in [4.69, 9.17) is 4.74 Å². The summed E-state index contributed by atoms with van der Waals surface area (Å²) in [5.74, 6) is 1.56. The van der Waals surface area contributed by atoms with Crippen LogP contribution >= 0.6 is 0 Å². The summed E-state index contributed by atoms with van der Waals surface area (Å²) in [6.07, 6.45) is 3.46. The van der Waals surface area contributed by atoms with Gasteiger partial charge in [-0.15, -0.1) is 0 Å². The Kier molecular flexibility index (Phi) is 5.55. The predicted molar refractivity (Wildman–Crippen MR) is 85.7 cm³/mol. The van der Waals surface area contributed by atoms with Crippen LogP contribution in [0.4, 0.5) is 5.82 Å². The van der Waals surface area contributed by atoms with E-state index in [-0.39, 0.29) is 6.10 Å². The van der Waals surface area contributed by atoms with E-state index in [1.165, 1.54) is 0 Å². The fourth-order valence-electron chi connectivity index (χ4n) is 2.25. The highest BCUT2D eigenvalue weighted by atomic mass is 16.5. The molecule has 1 unspecified atom stereocenters. The topological polar surface area (TPSA) is 47.0 Å². The Morgan fingerprint density at radius 1 is 1.14 bits per heavy atom. The standard InChI is InChI=1S/C17H23N3O/c1-4-9-15-16(18-5-2)19-12-20-17(15)21-13(3)14-10-7-6-8-11-14/h6-8,10-13H,4-5,9H2,1-3H3,(H,18,19,20). The van der Waals surface area contributed by atoms with Crippen LogP contribution in [-0.4, -0.2) is 16.5 Å². The molecule has 0 bridgehead atoms. The van der Waals surface area contributed by atoms with Crippen molar-refractivity contribution in [3.63, 3.8) is 0 Å². The van der Waals surface area contributed by atoms with E-state index in [9.17, 15) is 0 Å². The van der Waals surface area contributed by atoms with Crippen LogP contribution in [0.3, 0.4) is 0 Å². The number of rotatable bonds is 7. The molecule has 1 heterocycles. The third-order valence-corrected chi connectivity index (χ3v) is 3.31. The van der Waals surface area contributed by atoms with Gasteiger partial charge in [0, 0.05) is 6.54 Å². The molecule has 1 N–H and O–H groups in total. The average Bonchev–Trinajstić information content (AvgIpc) is 2.51. The van der Waals surface area contributed by atoms with Crippen LogP contribution in [0, 0.1) is 0 Å². The molecule has 0 aliphatic heterocycles. The summed E-state index contributed by atoms with van der Waals surface area (Å²) in [4.78, 5) is 8.66. The van der Waals surface area contributed by atoms with Crippen LogP contribution in [0.1, 0.15) is 44.4 Å². The van der Waals surface area contributed by atoms with E-state index >= 15 is 0 Å². The highest BCUT2D eigenvalue weighted by molar-refractivity contribution is 5.48. The monoisotopic (exact) mass is 285 g/mol. The minimum Gasteiger partial charge on any atom is -0.469 e. The van der Waals surface area contributed by atoms with E-state index in [1.54, 1.807) is 6.33 Å². The summed E-state index contributed by atoms with van der Waals surface area (Å²) < 4.78 is 6.08. The Balaban J connectivity index is 2.24. The molecule has 0 saturated carbocycles. The number of nitrogens with zero attached hydrogens (tertiary/aromatic N) is 2. The summed E-state index contributed by atoms with van der Waals surface area (Å²) in [6, 6.07) is 10.2. The van der Waals surface area contributed by atoms with Crippen LogP contribution in [0.2, 0.25) is 0 Å². The van der Waals surface area contributed by atoms with Gasteiger partial charge in [0.15, 0.2) is 0 Å². The minimum absolute atomic E-state index is 0.0359. The van der Waals surface area contributed by atoms with Gasteiger partial charge in [-0.1, -0.05) is 43.7 Å². The third-order valence-electron chi connectivity index (χ3n) is 3.31. The van der Waals surface area contributed by atoms with Gasteiger partial charge in [0.25, 0.3) is 0 Å². The average molecular weight is 285 g/mol. The molecule has 0 spiro atoms. The first-order valence-electron chi connectivity index (χ1n) is 7.55. The van der Waals surface area contributed by atoms with E-state index in [1.807, 2.05) is 25.1 Å². The van der Waals surface area contributed by atoms with Crippen LogP contribution in [0.5, 0.6) is 5.88 Å². The third kappa shape index (κ3) is 3.94. The van der Waals surface area contributed by atoms with E-state index in [0.29, 0.717) is 5.88 Å². The van der Waals surface area contributed by atoms with Crippen LogP contribution in [0.25, 0.3) is 0 Å². The van der Waals surface area contributed by atoms with Crippen molar-refractivity contribution in [2.24, 2.45) is 0 Å². The Hall–Kier alpha value is -2.10. The van der Waals surface area contributed by atoms with Crippen molar-refractivity contribution in [1.82, 2.24) is 9.97 Å². The second-order valence-electron chi connectivity index (χ2n) is 4.96. The molecule has 2 rings (SSSR count). The number of hydrogen-bond acceptors (Lipinski definition) is 4. The molecule has 1 aromatic heterocycles. The first-order chi connectivity index (χ1) is 10.3. The number of aromatic nitrogens is 2. The zero-order valence-corrected chi connectivity index (χ0v) is 13.0. The summed E-state index contributed by atoms with van der Waals surface area (Å²) in [5, 5.41) is 3.28. The molecule has 112 valence electrons. The van der Waals surface area contributed by atoms with Gasteiger partial charge in [0.2, 0.25) is 5.88 Å². The van der Waals surface area contributed by atoms with Crippen molar-refractivity contribution < 1.29 is 4.74 Å². The Morgan fingerprint density at radius 3 is 2.57 bits per heavy atom. The van der Waals surface area contributed by atoms with Crippen molar-refractivity contribution in [3.05, 3.63) is 47.8 Å². The normalized spacial score (nSPS) is 12.0. The largest absolute Gasteiger partial charge is 0.469 e. The van der Waals surface area contributed by atoms with Gasteiger partial charge >= 0.3 is 0 Å². The molecule has 0 aliphatic rings. The highest BCUT2D eigenvalue weighted by Crippen LogP contribution is 2.27. The second-order valence-corrected chi connectivity index (χ2v) is 4.96. The maximum Gasteiger partial charge on any atom is 0.222 e. The maximum absolute atomic E-state index is 6.08. The Morgan fingerprint density at radius 2 is 1.90 bits per heavy atom. The lowest BCUT2D eigenvalue weighted by atomic mass is 10.1. The molecule has 1 atom stereocenters. The second kappa shape index (κ2) is 7.62. The quantitative estimate of drug-likeness (QED) is 0.835. The fraction of sp³-hybridized carbons (Fsp3) is 0.412. The van der Waals surface area contributed by atoms with Crippen LogP contribution < -0.4 is 10.1 Å². The molecule has 21 heavy (non-hydrogen) atoms. The lowest BCUT2D eigenvalue weighted by molar-refractivity contribution is 0.214. The summed E-state index contributed by atoms with van der Waals surface area (Å²) in [5.41, 5.74) is 2.20. The molecule has 4 nitrogen and oxygen atoms in total. The molecular weight excluding hydrogens is 262 g/mol. The first kappa shape index (κ1) is 15.3. The summed E-state index contributed by atoms with van der Waals surface area (Å²) in [7, 11) is 0. The van der Waals surface area contributed by atoms with Gasteiger partial charge in [-0.05, 0) is 25.8 Å². The van der Waals surface area contributed by atoms with Crippen molar-refractivity contribution >= 4 is 5.82 Å². The van der Waals surface area contributed by atoms with E-state index in [0.717, 1.165) is 36.3 Å². The van der Waals surface area contributed by atoms with E-state index in [2.05, 4.69) is 41.3 Å². The van der Waals surface area contributed by atoms with E-state index < -0.39 is 0 Å². The molecule has 4 heteroatoms. The molecule has 0 amide bonds. The summed E-state index contributed by atoms with van der Waals surface area (Å²) in [6.45, 7) is 7.08. The Labute approximate surface area is 126 Å². The Bertz CT molecular complexity index is 557. The van der Waals surface area contributed by atoms with Gasteiger partial charge in [0.05, 0.1) is 5.56 Å². The van der Waals surface area contributed by atoms with Gasteiger partial charge in [-0.3, -0.25) is 0 Å². The van der Waals surface area contributed by atoms with Gasteiger partial charge < -0.3 is 10.1 Å². The molecule has 2 aromatic rings. The number of nitrogens with one attached hydrogen (secondary N) is 1. The maximum atomic E-state index is 6.08. The highest BCUT2D eigenvalue weighted by Gasteiger charge is 2.15. The number of hydrogen-bond donors (Lipinski definition) is 1. The minimum atomic E-state index is -0.0359. The number of ether oxygens (including phenoxy) is 1. The number of anilines is 1. The van der Waals surface area contributed by atoms with Crippen molar-refractivity contribution in [2.75, 3.05) is 11.9 Å². The zero-order chi connectivity index (χ0) is 15.1. The van der Waals surface area contributed by atoms with Gasteiger partial charge in [0.1, 0.15) is 18.2 Å². The van der Waals surface area contributed by atoms with Crippen LogP contribution in [-0.2, 0) is 6.42 Å². The van der Waals surface area contributed by atoms with Crippen molar-refractivity contribution in [2.45, 2.75) is 39.7 Å². The smallest absolute Gasteiger partial charge is 0.222 e. The van der Waals surface area contributed by atoms with Crippen molar-refractivity contribution in [3.8, 4) is 5.88 Å². The van der Waals surface area contributed by atoms with Gasteiger partial charge in [-0.25, -0.2) is 9.97 Å². The van der Waals surface area contributed by atoms with Crippen LogP contribution in [0.15, 0.2) is 36.7 Å². The summed E-state index contributed by atoms with van der Waals surface area (Å²) >= 11 is 0. The first-order valence-corrected chi connectivity index (χ1v) is 7.55. The molecule has 0 radical (unpaired) electrons. The lowest BCUT2D eigenvalue weighted by Crippen LogP contribution is -2.10. The lowest BCUT2D eigenvalue weighted by Gasteiger charge is -2.18. The van der Waals surface area contributed by atoms with Gasteiger partial charge in [-0.2, -0.15) is 0 Å². The molecule has 1 aromatic carbocycles. The molecule has 0 aliphatic carbocycles. The molecular formula is C17H23N3O. The molecule has 0 saturated heterocycles. The number of benzene rings is 1. The fourth-order valence-corrected chi connectivity index (χ4v) is 2.25. The SMILES string of the molecule is CCCc1c(NCC)ncnc1OC(C)c1ccccc1. The predicted octanol–water partition coefficient (Wildman–Crippen LogP) is 4.00. The zero-order valence-electron chi connectivity index (χ0n) is 13.0. The molecule has 0 fully saturated rings.